The van der Waals surface area contributed by atoms with Gasteiger partial charge in [-0.25, -0.2) is 0 Å². The second kappa shape index (κ2) is 9.71. The van der Waals surface area contributed by atoms with Crippen LogP contribution in [0.3, 0.4) is 0 Å². The fourth-order valence-corrected chi connectivity index (χ4v) is 4.92. The standard InChI is InChI=1S/C19H21BrF2NO4PS/c1-12(24)14-6-8-18(17(23)11-14)29-9-3-2-4-13-5-7-15(16(20)10-13)19(21,22)28(25,26)27/h5-8,10-11H,2-4,9,23H2,1H3,(H2,25,26,27). The Morgan fingerprint density at radius 3 is 2.45 bits per heavy atom. The summed E-state index contributed by atoms with van der Waals surface area (Å²) in [7, 11) is -5.60. The fraction of sp³-hybridized carbons (Fsp3) is 0.316. The molecule has 0 fully saturated rings. The summed E-state index contributed by atoms with van der Waals surface area (Å²) in [5, 5.41) is 0. The van der Waals surface area contributed by atoms with Crippen LogP contribution < -0.4 is 5.73 Å². The van der Waals surface area contributed by atoms with Crippen LogP contribution in [0.4, 0.5) is 14.5 Å². The minimum Gasteiger partial charge on any atom is -0.398 e. The first-order valence-corrected chi connectivity index (χ1v) is 12.1. The molecular formula is C19H21BrF2NO4PS. The number of thioether (sulfide) groups is 1. The van der Waals surface area contributed by atoms with Gasteiger partial charge in [-0.3, -0.25) is 9.36 Å². The second-order valence-corrected chi connectivity index (χ2v) is 10.2. The Bertz CT molecular complexity index is 952. The summed E-state index contributed by atoms with van der Waals surface area (Å²) in [5.74, 6) is 0.767. The number of unbranched alkanes of at least 4 members (excludes halogenated alkanes) is 1. The van der Waals surface area contributed by atoms with Crippen LogP contribution >= 0.6 is 35.3 Å². The lowest BCUT2D eigenvalue weighted by molar-refractivity contribution is 0.0557. The molecule has 0 saturated heterocycles. The average molecular weight is 508 g/mol. The number of aryl methyl sites for hydroxylation is 1. The predicted molar refractivity (Wildman–Crippen MR) is 115 cm³/mol. The molecule has 0 spiro atoms. The number of rotatable bonds is 9. The summed E-state index contributed by atoms with van der Waals surface area (Å²) in [6, 6.07) is 9.20. The SMILES string of the molecule is CC(=O)c1ccc(SCCCCc2ccc(C(F)(F)P(=O)(O)O)c(Br)c2)c(N)c1. The number of hydrogen-bond donors (Lipinski definition) is 3. The van der Waals surface area contributed by atoms with Crippen LogP contribution in [0.25, 0.3) is 0 Å². The molecule has 10 heteroatoms. The lowest BCUT2D eigenvalue weighted by Crippen LogP contribution is -2.14. The normalized spacial score (nSPS) is 12.2. The van der Waals surface area contributed by atoms with E-state index in [1.54, 1.807) is 23.9 Å². The molecule has 0 unspecified atom stereocenters. The molecule has 4 N–H and O–H groups in total. The smallest absolute Gasteiger partial charge is 0.398 e. The van der Waals surface area contributed by atoms with Gasteiger partial charge >= 0.3 is 13.3 Å². The van der Waals surface area contributed by atoms with Gasteiger partial charge in [0.1, 0.15) is 0 Å². The van der Waals surface area contributed by atoms with E-state index in [4.69, 9.17) is 15.5 Å². The molecule has 2 aromatic rings. The number of carbonyl (C=O) groups is 1. The Kier molecular flexibility index (Phi) is 8.04. The van der Waals surface area contributed by atoms with Gasteiger partial charge in [-0.2, -0.15) is 8.78 Å². The highest BCUT2D eigenvalue weighted by atomic mass is 79.9. The van der Waals surface area contributed by atoms with Gasteiger partial charge in [0.25, 0.3) is 0 Å². The average Bonchev–Trinajstić information content (AvgIpc) is 2.61. The van der Waals surface area contributed by atoms with E-state index in [2.05, 4.69) is 15.9 Å². The fourth-order valence-electron chi connectivity index (χ4n) is 2.63. The zero-order valence-electron chi connectivity index (χ0n) is 15.6. The minimum atomic E-state index is -5.60. The van der Waals surface area contributed by atoms with Crippen LogP contribution in [-0.4, -0.2) is 21.3 Å². The monoisotopic (exact) mass is 507 g/mol. The number of hydrogen-bond acceptors (Lipinski definition) is 4. The molecule has 29 heavy (non-hydrogen) atoms. The highest BCUT2D eigenvalue weighted by Gasteiger charge is 2.51. The van der Waals surface area contributed by atoms with Crippen molar-refractivity contribution in [1.29, 1.82) is 0 Å². The molecule has 0 amide bonds. The molecule has 2 rings (SSSR count). The van der Waals surface area contributed by atoms with Crippen molar-refractivity contribution in [2.75, 3.05) is 11.5 Å². The van der Waals surface area contributed by atoms with Crippen molar-refractivity contribution < 1.29 is 27.9 Å². The summed E-state index contributed by atoms with van der Waals surface area (Å²) in [6.07, 6.45) is 2.30. The van der Waals surface area contributed by atoms with Crippen molar-refractivity contribution in [3.8, 4) is 0 Å². The molecule has 5 nitrogen and oxygen atoms in total. The van der Waals surface area contributed by atoms with Crippen LogP contribution in [0.2, 0.25) is 0 Å². The lowest BCUT2D eigenvalue weighted by Gasteiger charge is -2.19. The number of benzene rings is 2. The van der Waals surface area contributed by atoms with Crippen molar-refractivity contribution in [3.05, 3.63) is 57.6 Å². The number of carbonyl (C=O) groups excluding carboxylic acids is 1. The molecular weight excluding hydrogens is 487 g/mol. The first-order chi connectivity index (χ1) is 13.4. The van der Waals surface area contributed by atoms with Crippen LogP contribution in [0.5, 0.6) is 0 Å². The molecule has 158 valence electrons. The summed E-state index contributed by atoms with van der Waals surface area (Å²) >= 11 is 4.57. The summed E-state index contributed by atoms with van der Waals surface area (Å²) in [6.45, 7) is 1.49. The number of anilines is 1. The molecule has 0 saturated carbocycles. The third kappa shape index (κ3) is 6.12. The maximum Gasteiger partial charge on any atom is 0.399 e. The van der Waals surface area contributed by atoms with Crippen LogP contribution in [0, 0.1) is 0 Å². The largest absolute Gasteiger partial charge is 0.399 e. The van der Waals surface area contributed by atoms with Crippen LogP contribution in [0.1, 0.15) is 41.3 Å². The third-order valence-corrected chi connectivity index (χ3v) is 7.06. The van der Waals surface area contributed by atoms with E-state index in [0.717, 1.165) is 35.1 Å². The van der Waals surface area contributed by atoms with Gasteiger partial charge < -0.3 is 15.5 Å². The number of Topliss-reactive ketones (excluding diaryl/α,β-unsaturated/α-hetero) is 1. The number of halogens is 3. The maximum absolute atomic E-state index is 13.8. The van der Waals surface area contributed by atoms with Crippen molar-refractivity contribution in [2.45, 2.75) is 36.7 Å². The zero-order valence-corrected chi connectivity index (χ0v) is 18.9. The first-order valence-electron chi connectivity index (χ1n) is 8.69. The van der Waals surface area contributed by atoms with Crippen molar-refractivity contribution in [1.82, 2.24) is 0 Å². The highest BCUT2D eigenvalue weighted by Crippen LogP contribution is 2.60. The quantitative estimate of drug-likeness (QED) is 0.135. The summed E-state index contributed by atoms with van der Waals surface area (Å²) in [4.78, 5) is 30.0. The lowest BCUT2D eigenvalue weighted by atomic mass is 10.1. The second-order valence-electron chi connectivity index (χ2n) is 6.51. The Hall–Kier alpha value is -1.25. The van der Waals surface area contributed by atoms with E-state index in [0.29, 0.717) is 17.7 Å². The molecule has 2 aromatic carbocycles. The Balaban J connectivity index is 1.88. The molecule has 0 bridgehead atoms. The first kappa shape index (κ1) is 24.0. The van der Waals surface area contributed by atoms with Gasteiger partial charge in [-0.05, 0) is 55.7 Å². The van der Waals surface area contributed by atoms with Gasteiger partial charge in [-0.15, -0.1) is 11.8 Å². The van der Waals surface area contributed by atoms with E-state index in [-0.39, 0.29) is 10.3 Å². The van der Waals surface area contributed by atoms with Crippen molar-refractivity contribution >= 4 is 46.8 Å². The molecule has 0 aliphatic carbocycles. The Labute approximate surface area is 180 Å². The minimum absolute atomic E-state index is 0.0314. The summed E-state index contributed by atoms with van der Waals surface area (Å²) < 4.78 is 38.7. The van der Waals surface area contributed by atoms with E-state index in [1.807, 2.05) is 6.07 Å². The Morgan fingerprint density at radius 1 is 1.21 bits per heavy atom. The van der Waals surface area contributed by atoms with E-state index < -0.39 is 18.8 Å². The zero-order chi connectivity index (χ0) is 21.8. The van der Waals surface area contributed by atoms with E-state index >= 15 is 0 Å². The molecule has 0 heterocycles. The Morgan fingerprint density at radius 2 is 1.90 bits per heavy atom. The maximum atomic E-state index is 13.8. The van der Waals surface area contributed by atoms with Crippen molar-refractivity contribution in [3.63, 3.8) is 0 Å². The molecule has 0 aliphatic heterocycles. The van der Waals surface area contributed by atoms with E-state index in [9.17, 15) is 18.1 Å². The van der Waals surface area contributed by atoms with Crippen LogP contribution in [-0.2, 0) is 16.6 Å². The van der Waals surface area contributed by atoms with Gasteiger partial charge in [0.05, 0.1) is 0 Å². The molecule has 0 aromatic heterocycles. The summed E-state index contributed by atoms with van der Waals surface area (Å²) in [5.41, 5.74) is 2.93. The van der Waals surface area contributed by atoms with Crippen LogP contribution in [0.15, 0.2) is 45.8 Å². The predicted octanol–water partition coefficient (Wildman–Crippen LogP) is 5.58. The number of nitrogen functional groups attached to an aromatic ring is 1. The van der Waals surface area contributed by atoms with E-state index in [1.165, 1.54) is 19.1 Å². The van der Waals surface area contributed by atoms with Gasteiger partial charge in [-0.1, -0.05) is 34.1 Å². The van der Waals surface area contributed by atoms with Crippen molar-refractivity contribution in [2.24, 2.45) is 0 Å². The molecule has 0 radical (unpaired) electrons. The van der Waals surface area contributed by atoms with Gasteiger partial charge in [0.15, 0.2) is 5.78 Å². The molecule has 0 atom stereocenters. The number of ketones is 1. The van der Waals surface area contributed by atoms with Gasteiger partial charge in [0.2, 0.25) is 0 Å². The highest BCUT2D eigenvalue weighted by molar-refractivity contribution is 9.10. The van der Waals surface area contributed by atoms with Gasteiger partial charge in [0, 0.05) is 26.2 Å². The number of alkyl halides is 2. The third-order valence-electron chi connectivity index (χ3n) is 4.26. The number of nitrogens with two attached hydrogens (primary N) is 1. The topological polar surface area (TPSA) is 101 Å². The molecule has 0 aliphatic rings.